The molecular formula is C15H23NO3. The quantitative estimate of drug-likeness (QED) is 0.745. The Morgan fingerprint density at radius 2 is 2.11 bits per heavy atom. The van der Waals surface area contributed by atoms with Crippen molar-refractivity contribution in [2.75, 3.05) is 6.54 Å². The normalized spacial score (nSPS) is 13.1. The Kier molecular flexibility index (Phi) is 6.36. The molecule has 0 aliphatic heterocycles. The summed E-state index contributed by atoms with van der Waals surface area (Å²) in [6, 6.07) is 3.65. The first-order valence-electron chi connectivity index (χ1n) is 6.77. The molecule has 1 aromatic rings. The number of amides is 1. The number of carbonyl (C=O) groups excluding carboxylic acids is 1. The zero-order valence-corrected chi connectivity index (χ0v) is 11.8. The highest BCUT2D eigenvalue weighted by Gasteiger charge is 2.15. The van der Waals surface area contributed by atoms with Gasteiger partial charge in [0.15, 0.2) is 0 Å². The van der Waals surface area contributed by atoms with Crippen molar-refractivity contribution in [2.45, 2.75) is 39.7 Å². The molecule has 19 heavy (non-hydrogen) atoms. The van der Waals surface area contributed by atoms with Crippen molar-refractivity contribution in [1.82, 2.24) is 5.32 Å². The van der Waals surface area contributed by atoms with Crippen molar-refractivity contribution in [2.24, 2.45) is 5.92 Å². The molecule has 0 aromatic carbocycles. The molecule has 1 rings (SSSR count). The van der Waals surface area contributed by atoms with E-state index in [0.717, 1.165) is 18.6 Å². The Hall–Kier alpha value is -1.55. The standard InChI is InChI=1S/C15H23NO3/c1-4-12(5-2)14(17)10-16-15(18)9-8-13-7-6-11(3)19-13/h6-9,12,14,17H,4-5,10H2,1-3H3,(H,16,18)/b9-8+. The highest BCUT2D eigenvalue weighted by Crippen LogP contribution is 2.12. The Morgan fingerprint density at radius 1 is 1.42 bits per heavy atom. The molecule has 0 saturated heterocycles. The smallest absolute Gasteiger partial charge is 0.244 e. The van der Waals surface area contributed by atoms with Gasteiger partial charge in [-0.3, -0.25) is 4.79 Å². The monoisotopic (exact) mass is 265 g/mol. The van der Waals surface area contributed by atoms with E-state index >= 15 is 0 Å². The van der Waals surface area contributed by atoms with Crippen LogP contribution in [0.2, 0.25) is 0 Å². The fourth-order valence-corrected chi connectivity index (χ4v) is 1.96. The number of furan rings is 1. The van der Waals surface area contributed by atoms with Crippen LogP contribution in [0, 0.1) is 12.8 Å². The van der Waals surface area contributed by atoms with Gasteiger partial charge in [0.25, 0.3) is 0 Å². The molecule has 1 aromatic heterocycles. The Morgan fingerprint density at radius 3 is 2.63 bits per heavy atom. The van der Waals surface area contributed by atoms with E-state index in [1.165, 1.54) is 6.08 Å². The van der Waals surface area contributed by atoms with Gasteiger partial charge in [-0.25, -0.2) is 0 Å². The maximum absolute atomic E-state index is 11.6. The zero-order chi connectivity index (χ0) is 14.3. The number of carbonyl (C=O) groups is 1. The van der Waals surface area contributed by atoms with E-state index in [9.17, 15) is 9.90 Å². The lowest BCUT2D eigenvalue weighted by atomic mass is 9.96. The summed E-state index contributed by atoms with van der Waals surface area (Å²) in [6.45, 7) is 6.22. The van der Waals surface area contributed by atoms with Gasteiger partial charge in [-0.05, 0) is 31.1 Å². The second-order valence-electron chi connectivity index (χ2n) is 4.67. The molecule has 1 amide bonds. The average molecular weight is 265 g/mol. The van der Waals surface area contributed by atoms with E-state index in [1.807, 2.05) is 26.8 Å². The number of rotatable bonds is 7. The van der Waals surface area contributed by atoms with E-state index in [-0.39, 0.29) is 18.4 Å². The maximum atomic E-state index is 11.6. The van der Waals surface area contributed by atoms with Crippen LogP contribution in [0.4, 0.5) is 0 Å². The number of hydrogen-bond acceptors (Lipinski definition) is 3. The first-order chi connectivity index (χ1) is 9.06. The Balaban J connectivity index is 2.37. The predicted molar refractivity (Wildman–Crippen MR) is 75.6 cm³/mol. The van der Waals surface area contributed by atoms with Gasteiger partial charge in [-0.2, -0.15) is 0 Å². The molecule has 4 nitrogen and oxygen atoms in total. The van der Waals surface area contributed by atoms with Gasteiger partial charge in [0.05, 0.1) is 6.10 Å². The van der Waals surface area contributed by atoms with E-state index in [4.69, 9.17) is 4.42 Å². The molecule has 0 saturated carbocycles. The summed E-state index contributed by atoms with van der Waals surface area (Å²) in [7, 11) is 0. The number of aliphatic hydroxyl groups is 1. The van der Waals surface area contributed by atoms with Gasteiger partial charge >= 0.3 is 0 Å². The van der Waals surface area contributed by atoms with Crippen LogP contribution in [0.25, 0.3) is 6.08 Å². The first kappa shape index (κ1) is 15.5. The van der Waals surface area contributed by atoms with Crippen LogP contribution in [-0.2, 0) is 4.79 Å². The van der Waals surface area contributed by atoms with E-state index < -0.39 is 6.10 Å². The zero-order valence-electron chi connectivity index (χ0n) is 11.8. The van der Waals surface area contributed by atoms with Crippen LogP contribution >= 0.6 is 0 Å². The number of nitrogens with one attached hydrogen (secondary N) is 1. The van der Waals surface area contributed by atoms with Crippen LogP contribution in [0.3, 0.4) is 0 Å². The third-order valence-corrected chi connectivity index (χ3v) is 3.24. The largest absolute Gasteiger partial charge is 0.462 e. The fourth-order valence-electron chi connectivity index (χ4n) is 1.96. The molecule has 0 spiro atoms. The molecule has 1 atom stereocenters. The molecule has 0 aliphatic rings. The average Bonchev–Trinajstić information content (AvgIpc) is 2.81. The SMILES string of the molecule is CCC(CC)C(O)CNC(=O)/C=C/c1ccc(C)o1. The molecular weight excluding hydrogens is 242 g/mol. The van der Waals surface area contributed by atoms with Crippen molar-refractivity contribution >= 4 is 12.0 Å². The van der Waals surface area contributed by atoms with Gasteiger partial charge in [0.1, 0.15) is 11.5 Å². The maximum Gasteiger partial charge on any atom is 0.244 e. The molecule has 2 N–H and O–H groups in total. The summed E-state index contributed by atoms with van der Waals surface area (Å²) in [4.78, 5) is 11.6. The molecule has 1 heterocycles. The van der Waals surface area contributed by atoms with Crippen molar-refractivity contribution in [1.29, 1.82) is 0 Å². The molecule has 0 radical (unpaired) electrons. The van der Waals surface area contributed by atoms with Crippen molar-refractivity contribution in [3.8, 4) is 0 Å². The summed E-state index contributed by atoms with van der Waals surface area (Å²) in [5.74, 6) is 1.47. The minimum absolute atomic E-state index is 0.223. The third kappa shape index (κ3) is 5.30. The molecule has 4 heteroatoms. The summed E-state index contributed by atoms with van der Waals surface area (Å²) >= 11 is 0. The summed E-state index contributed by atoms with van der Waals surface area (Å²) in [5, 5.41) is 12.6. The van der Waals surface area contributed by atoms with E-state index in [1.54, 1.807) is 12.1 Å². The lowest BCUT2D eigenvalue weighted by Gasteiger charge is -2.19. The summed E-state index contributed by atoms with van der Waals surface area (Å²) in [5.41, 5.74) is 0. The lowest BCUT2D eigenvalue weighted by Crippen LogP contribution is -2.35. The van der Waals surface area contributed by atoms with Crippen LogP contribution in [0.1, 0.15) is 38.2 Å². The van der Waals surface area contributed by atoms with E-state index in [2.05, 4.69) is 5.32 Å². The summed E-state index contributed by atoms with van der Waals surface area (Å²) in [6.07, 6.45) is 4.37. The summed E-state index contributed by atoms with van der Waals surface area (Å²) < 4.78 is 5.32. The molecule has 0 aliphatic carbocycles. The lowest BCUT2D eigenvalue weighted by molar-refractivity contribution is -0.117. The minimum atomic E-state index is -0.488. The third-order valence-electron chi connectivity index (χ3n) is 3.24. The van der Waals surface area contributed by atoms with Crippen molar-refractivity contribution < 1.29 is 14.3 Å². The molecule has 0 fully saturated rings. The minimum Gasteiger partial charge on any atom is -0.462 e. The van der Waals surface area contributed by atoms with Crippen LogP contribution < -0.4 is 5.32 Å². The molecule has 1 unspecified atom stereocenters. The van der Waals surface area contributed by atoms with Gasteiger partial charge in [-0.1, -0.05) is 26.7 Å². The van der Waals surface area contributed by atoms with Crippen LogP contribution in [0.5, 0.6) is 0 Å². The Bertz CT molecular complexity index is 419. The van der Waals surface area contributed by atoms with Gasteiger partial charge in [-0.15, -0.1) is 0 Å². The first-order valence-corrected chi connectivity index (χ1v) is 6.77. The number of hydrogen-bond donors (Lipinski definition) is 2. The topological polar surface area (TPSA) is 62.5 Å². The van der Waals surface area contributed by atoms with E-state index in [0.29, 0.717) is 5.76 Å². The van der Waals surface area contributed by atoms with Crippen LogP contribution in [0.15, 0.2) is 22.6 Å². The second-order valence-corrected chi connectivity index (χ2v) is 4.67. The fraction of sp³-hybridized carbons (Fsp3) is 0.533. The predicted octanol–water partition coefficient (Wildman–Crippen LogP) is 2.51. The Labute approximate surface area is 114 Å². The second kappa shape index (κ2) is 7.79. The van der Waals surface area contributed by atoms with Crippen LogP contribution in [-0.4, -0.2) is 23.7 Å². The van der Waals surface area contributed by atoms with Gasteiger partial charge < -0.3 is 14.8 Å². The number of aryl methyl sites for hydroxylation is 1. The van der Waals surface area contributed by atoms with Gasteiger partial charge in [0.2, 0.25) is 5.91 Å². The van der Waals surface area contributed by atoms with Crippen molar-refractivity contribution in [3.05, 3.63) is 29.7 Å². The highest BCUT2D eigenvalue weighted by atomic mass is 16.3. The molecule has 0 bridgehead atoms. The van der Waals surface area contributed by atoms with Crippen molar-refractivity contribution in [3.63, 3.8) is 0 Å². The molecule has 106 valence electrons. The number of aliphatic hydroxyl groups excluding tert-OH is 1. The van der Waals surface area contributed by atoms with Gasteiger partial charge in [0, 0.05) is 12.6 Å². The highest BCUT2D eigenvalue weighted by molar-refractivity contribution is 5.91.